The van der Waals surface area contributed by atoms with E-state index in [1.54, 1.807) is 12.2 Å². The van der Waals surface area contributed by atoms with Crippen LogP contribution in [0.1, 0.15) is 30.9 Å². The average molecular weight is 211 g/mol. The van der Waals surface area contributed by atoms with Gasteiger partial charge in [0.2, 0.25) is 0 Å². The molecule has 1 rings (SSSR count). The second kappa shape index (κ2) is 5.03. The van der Waals surface area contributed by atoms with Gasteiger partial charge in [-0.15, -0.1) is 0 Å². The Morgan fingerprint density at radius 2 is 1.93 bits per heavy atom. The Morgan fingerprint density at radius 1 is 1.27 bits per heavy atom. The summed E-state index contributed by atoms with van der Waals surface area (Å²) in [6, 6.07) is 2.45. The zero-order chi connectivity index (χ0) is 11.4. The summed E-state index contributed by atoms with van der Waals surface area (Å²) in [6.07, 6.45) is 3.21. The fourth-order valence-corrected chi connectivity index (χ4v) is 1.35. The molecule has 0 fully saturated rings. The summed E-state index contributed by atoms with van der Waals surface area (Å²) < 4.78 is 26.6. The molecule has 3 heteroatoms. The Hall–Kier alpha value is -1.22. The molecule has 82 valence electrons. The van der Waals surface area contributed by atoms with Crippen molar-refractivity contribution in [3.05, 3.63) is 41.0 Å². The van der Waals surface area contributed by atoms with Crippen molar-refractivity contribution < 1.29 is 8.78 Å². The maximum atomic E-state index is 13.3. The highest BCUT2D eigenvalue weighted by atomic mass is 19.1. The predicted molar refractivity (Wildman–Crippen MR) is 58.5 cm³/mol. The summed E-state index contributed by atoms with van der Waals surface area (Å²) in [5.41, 5.74) is 6.17. The van der Waals surface area contributed by atoms with Crippen molar-refractivity contribution in [3.8, 4) is 0 Å². The van der Waals surface area contributed by atoms with Crippen LogP contribution in [0, 0.1) is 11.6 Å². The Morgan fingerprint density at radius 3 is 2.47 bits per heavy atom. The van der Waals surface area contributed by atoms with Crippen molar-refractivity contribution in [2.24, 2.45) is 5.73 Å². The van der Waals surface area contributed by atoms with Crippen LogP contribution in [0.15, 0.2) is 18.2 Å². The summed E-state index contributed by atoms with van der Waals surface area (Å²) in [6.45, 7) is 4.08. The van der Waals surface area contributed by atoms with Gasteiger partial charge in [-0.1, -0.05) is 26.0 Å². The molecule has 0 aliphatic rings. The van der Waals surface area contributed by atoms with Crippen LogP contribution in [-0.2, 0) is 0 Å². The first-order valence-corrected chi connectivity index (χ1v) is 4.91. The van der Waals surface area contributed by atoms with Crippen LogP contribution in [0.4, 0.5) is 8.78 Å². The first kappa shape index (κ1) is 11.9. The van der Waals surface area contributed by atoms with Gasteiger partial charge < -0.3 is 5.73 Å². The maximum absolute atomic E-state index is 13.3. The molecule has 0 saturated carbocycles. The lowest BCUT2D eigenvalue weighted by Crippen LogP contribution is -1.97. The number of nitrogens with two attached hydrogens (primary N) is 1. The fourth-order valence-electron chi connectivity index (χ4n) is 1.35. The summed E-state index contributed by atoms with van der Waals surface area (Å²) >= 11 is 0. The second-order valence-electron chi connectivity index (χ2n) is 3.69. The van der Waals surface area contributed by atoms with Crippen LogP contribution in [0.5, 0.6) is 0 Å². The monoisotopic (exact) mass is 211 g/mol. The van der Waals surface area contributed by atoms with Crippen molar-refractivity contribution in [2.45, 2.75) is 19.8 Å². The summed E-state index contributed by atoms with van der Waals surface area (Å²) in [5.74, 6) is -1.01. The third kappa shape index (κ3) is 2.86. The second-order valence-corrected chi connectivity index (χ2v) is 3.69. The molecule has 0 heterocycles. The number of rotatable bonds is 3. The van der Waals surface area contributed by atoms with Crippen molar-refractivity contribution in [1.29, 1.82) is 0 Å². The van der Waals surface area contributed by atoms with Gasteiger partial charge in [0.1, 0.15) is 11.6 Å². The molecular formula is C12H15F2N. The topological polar surface area (TPSA) is 26.0 Å². The predicted octanol–water partition coefficient (Wildman–Crippen LogP) is 3.06. The standard InChI is InChI=1S/C12H15F2N/c1-8(2)10-6-9(4-3-5-15)11(13)7-12(10)14/h3-4,6-8H,5,15H2,1-2H3/b4-3+. The molecule has 0 spiro atoms. The Bertz CT molecular complexity index is 370. The van der Waals surface area contributed by atoms with E-state index in [4.69, 9.17) is 5.73 Å². The Labute approximate surface area is 88.6 Å². The van der Waals surface area contributed by atoms with Gasteiger partial charge >= 0.3 is 0 Å². The van der Waals surface area contributed by atoms with E-state index >= 15 is 0 Å². The molecule has 0 bridgehead atoms. The molecule has 1 aromatic carbocycles. The first-order valence-electron chi connectivity index (χ1n) is 4.91. The van der Waals surface area contributed by atoms with Crippen LogP contribution in [0.25, 0.3) is 6.08 Å². The molecule has 0 atom stereocenters. The van der Waals surface area contributed by atoms with Crippen LogP contribution >= 0.6 is 0 Å². The van der Waals surface area contributed by atoms with Crippen LogP contribution in [-0.4, -0.2) is 6.54 Å². The molecule has 0 unspecified atom stereocenters. The van der Waals surface area contributed by atoms with Gasteiger partial charge in [0, 0.05) is 18.2 Å². The van der Waals surface area contributed by atoms with Gasteiger partial charge in [0.15, 0.2) is 0 Å². The molecule has 0 saturated heterocycles. The molecule has 0 aliphatic carbocycles. The highest BCUT2D eigenvalue weighted by molar-refractivity contribution is 5.52. The van der Waals surface area contributed by atoms with E-state index in [2.05, 4.69) is 0 Å². The third-order valence-electron chi connectivity index (χ3n) is 2.17. The number of hydrogen-bond donors (Lipinski definition) is 1. The molecule has 1 nitrogen and oxygen atoms in total. The van der Waals surface area contributed by atoms with E-state index in [9.17, 15) is 8.78 Å². The van der Waals surface area contributed by atoms with E-state index in [-0.39, 0.29) is 5.92 Å². The average Bonchev–Trinajstić information content (AvgIpc) is 2.16. The molecule has 0 aromatic heterocycles. The van der Waals surface area contributed by atoms with Crippen molar-refractivity contribution in [3.63, 3.8) is 0 Å². The van der Waals surface area contributed by atoms with E-state index in [1.807, 2.05) is 13.8 Å². The summed E-state index contributed by atoms with van der Waals surface area (Å²) in [5, 5.41) is 0. The quantitative estimate of drug-likeness (QED) is 0.817. The minimum absolute atomic E-state index is 0.0376. The lowest BCUT2D eigenvalue weighted by molar-refractivity contribution is 0.563. The van der Waals surface area contributed by atoms with Crippen molar-refractivity contribution in [2.75, 3.05) is 6.54 Å². The zero-order valence-corrected chi connectivity index (χ0v) is 8.93. The van der Waals surface area contributed by atoms with Crippen LogP contribution in [0.3, 0.4) is 0 Å². The minimum atomic E-state index is -0.554. The van der Waals surface area contributed by atoms with E-state index in [0.29, 0.717) is 17.7 Å². The van der Waals surface area contributed by atoms with E-state index in [1.165, 1.54) is 6.07 Å². The van der Waals surface area contributed by atoms with Crippen LogP contribution < -0.4 is 5.73 Å². The smallest absolute Gasteiger partial charge is 0.133 e. The number of benzene rings is 1. The van der Waals surface area contributed by atoms with Gasteiger partial charge in [-0.05, 0) is 17.5 Å². The van der Waals surface area contributed by atoms with Crippen molar-refractivity contribution in [1.82, 2.24) is 0 Å². The van der Waals surface area contributed by atoms with Crippen LogP contribution in [0.2, 0.25) is 0 Å². The largest absolute Gasteiger partial charge is 0.327 e. The molecule has 0 amide bonds. The minimum Gasteiger partial charge on any atom is -0.327 e. The lowest BCUT2D eigenvalue weighted by Gasteiger charge is -2.08. The van der Waals surface area contributed by atoms with Gasteiger partial charge in [0.25, 0.3) is 0 Å². The summed E-state index contributed by atoms with van der Waals surface area (Å²) in [4.78, 5) is 0. The fraction of sp³-hybridized carbons (Fsp3) is 0.333. The molecule has 0 aliphatic heterocycles. The molecular weight excluding hydrogens is 196 g/mol. The molecule has 0 radical (unpaired) electrons. The van der Waals surface area contributed by atoms with E-state index < -0.39 is 11.6 Å². The summed E-state index contributed by atoms with van der Waals surface area (Å²) in [7, 11) is 0. The van der Waals surface area contributed by atoms with E-state index in [0.717, 1.165) is 6.07 Å². The van der Waals surface area contributed by atoms with Gasteiger partial charge in [-0.3, -0.25) is 0 Å². The lowest BCUT2D eigenvalue weighted by atomic mass is 9.99. The maximum Gasteiger partial charge on any atom is 0.133 e. The highest BCUT2D eigenvalue weighted by Crippen LogP contribution is 2.22. The van der Waals surface area contributed by atoms with Gasteiger partial charge in [-0.25, -0.2) is 8.78 Å². The van der Waals surface area contributed by atoms with Gasteiger partial charge in [0.05, 0.1) is 0 Å². The highest BCUT2D eigenvalue weighted by Gasteiger charge is 2.10. The molecule has 2 N–H and O–H groups in total. The number of hydrogen-bond acceptors (Lipinski definition) is 1. The molecule has 1 aromatic rings. The Kier molecular flexibility index (Phi) is 3.97. The first-order chi connectivity index (χ1) is 7.06. The molecule has 15 heavy (non-hydrogen) atoms. The Balaban J connectivity index is 3.17. The third-order valence-corrected chi connectivity index (χ3v) is 2.17. The van der Waals surface area contributed by atoms with Gasteiger partial charge in [-0.2, -0.15) is 0 Å². The normalized spacial score (nSPS) is 11.6. The SMILES string of the molecule is CC(C)c1cc(/C=C/CN)c(F)cc1F. The zero-order valence-electron chi connectivity index (χ0n) is 8.93. The number of halogens is 2. The van der Waals surface area contributed by atoms with Crippen molar-refractivity contribution >= 4 is 6.08 Å².